The van der Waals surface area contributed by atoms with E-state index in [1.54, 1.807) is 0 Å². The van der Waals surface area contributed by atoms with E-state index < -0.39 is 5.54 Å². The number of aryl methyl sites for hydroxylation is 1. The van der Waals surface area contributed by atoms with Gasteiger partial charge in [0.15, 0.2) is 0 Å². The van der Waals surface area contributed by atoms with Crippen molar-refractivity contribution < 1.29 is 9.59 Å². The van der Waals surface area contributed by atoms with Crippen LogP contribution in [0.4, 0.5) is 0 Å². The van der Waals surface area contributed by atoms with Crippen molar-refractivity contribution in [2.24, 2.45) is 5.92 Å². The van der Waals surface area contributed by atoms with Gasteiger partial charge in [0.1, 0.15) is 11.6 Å². The SMILES string of the molecule is CC(C)C[C@@H]1NC(=O)C2(CCN(CCCCCc3ccccc3)CC2)N(CCSC(C)(C)C)C1=O. The number of hydrogen-bond acceptors (Lipinski definition) is 4. The van der Waals surface area contributed by atoms with Crippen LogP contribution in [0.25, 0.3) is 0 Å². The molecule has 1 aromatic carbocycles. The topological polar surface area (TPSA) is 52.7 Å². The van der Waals surface area contributed by atoms with Gasteiger partial charge in [-0.2, -0.15) is 11.8 Å². The van der Waals surface area contributed by atoms with Crippen molar-refractivity contribution in [2.45, 2.75) is 95.9 Å². The normalized spacial score (nSPS) is 21.1. The van der Waals surface area contributed by atoms with Gasteiger partial charge in [0.05, 0.1) is 0 Å². The Morgan fingerprint density at radius 2 is 1.71 bits per heavy atom. The van der Waals surface area contributed by atoms with Crippen molar-refractivity contribution in [3.05, 3.63) is 35.9 Å². The van der Waals surface area contributed by atoms with Crippen LogP contribution in [0.3, 0.4) is 0 Å². The van der Waals surface area contributed by atoms with Gasteiger partial charge in [-0.15, -0.1) is 0 Å². The van der Waals surface area contributed by atoms with E-state index in [9.17, 15) is 9.59 Å². The van der Waals surface area contributed by atoms with Crippen LogP contribution < -0.4 is 5.32 Å². The lowest BCUT2D eigenvalue weighted by molar-refractivity contribution is -0.161. The van der Waals surface area contributed by atoms with Crippen LogP contribution in [0.1, 0.15) is 78.7 Å². The highest BCUT2D eigenvalue weighted by atomic mass is 32.2. The van der Waals surface area contributed by atoms with E-state index in [1.165, 1.54) is 24.8 Å². The number of nitrogens with zero attached hydrogens (tertiary/aromatic N) is 2. The number of thioether (sulfide) groups is 1. The third-order valence-electron chi connectivity index (χ3n) is 7.33. The monoisotopic (exact) mass is 501 g/mol. The van der Waals surface area contributed by atoms with Crippen molar-refractivity contribution >= 4 is 23.6 Å². The second kappa shape index (κ2) is 12.6. The smallest absolute Gasteiger partial charge is 0.246 e. The standard InChI is InChI=1S/C29H47N3O2S/c1-23(2)22-25-26(33)32(20-21-35-28(3,4)5)29(27(34)30-25)15-18-31(19-16-29)17-11-7-10-14-24-12-8-6-9-13-24/h6,8-9,12-13,23,25H,7,10-11,14-22H2,1-5H3,(H,30,34)/t25-/m0/s1. The van der Waals surface area contributed by atoms with Crippen LogP contribution in [0, 0.1) is 5.92 Å². The molecule has 1 N–H and O–H groups in total. The van der Waals surface area contributed by atoms with E-state index in [0.717, 1.165) is 44.6 Å². The number of nitrogens with one attached hydrogen (secondary N) is 1. The Bertz CT molecular complexity index is 813. The van der Waals surface area contributed by atoms with E-state index in [2.05, 4.69) is 75.2 Å². The van der Waals surface area contributed by atoms with E-state index in [1.807, 2.05) is 16.7 Å². The highest BCUT2D eigenvalue weighted by molar-refractivity contribution is 8.00. The number of piperazine rings is 1. The fraction of sp³-hybridized carbons (Fsp3) is 0.724. The molecule has 1 atom stereocenters. The van der Waals surface area contributed by atoms with Crippen LogP contribution in [-0.4, -0.2) is 69.9 Å². The summed E-state index contributed by atoms with van der Waals surface area (Å²) >= 11 is 1.87. The molecule has 0 aliphatic carbocycles. The molecule has 2 heterocycles. The predicted molar refractivity (Wildman–Crippen MR) is 148 cm³/mol. The minimum atomic E-state index is -0.674. The molecule has 2 amide bonds. The molecule has 0 aromatic heterocycles. The Morgan fingerprint density at radius 1 is 1.03 bits per heavy atom. The summed E-state index contributed by atoms with van der Waals surface area (Å²) in [4.78, 5) is 31.5. The average Bonchev–Trinajstić information content (AvgIpc) is 2.80. The maximum atomic E-state index is 13.6. The molecule has 2 saturated heterocycles. The summed E-state index contributed by atoms with van der Waals surface area (Å²) in [6.45, 7) is 14.4. The minimum Gasteiger partial charge on any atom is -0.342 e. The van der Waals surface area contributed by atoms with Gasteiger partial charge in [-0.1, -0.05) is 71.4 Å². The average molecular weight is 502 g/mol. The first-order chi connectivity index (χ1) is 16.6. The van der Waals surface area contributed by atoms with Gasteiger partial charge in [-0.05, 0) is 56.6 Å². The van der Waals surface area contributed by atoms with Crippen molar-refractivity contribution in [1.82, 2.24) is 15.1 Å². The summed E-state index contributed by atoms with van der Waals surface area (Å²) < 4.78 is 0.148. The summed E-state index contributed by atoms with van der Waals surface area (Å²) in [5.41, 5.74) is 0.744. The quantitative estimate of drug-likeness (QED) is 0.427. The van der Waals surface area contributed by atoms with E-state index in [0.29, 0.717) is 18.9 Å². The number of likely N-dealkylation sites (tertiary alicyclic amines) is 1. The number of unbranched alkanes of at least 4 members (excludes halogenated alkanes) is 2. The van der Waals surface area contributed by atoms with E-state index in [4.69, 9.17) is 0 Å². The van der Waals surface area contributed by atoms with Gasteiger partial charge in [0.25, 0.3) is 0 Å². The molecular formula is C29H47N3O2S. The summed E-state index contributed by atoms with van der Waals surface area (Å²) in [6, 6.07) is 10.3. The predicted octanol–water partition coefficient (Wildman–Crippen LogP) is 5.14. The Hall–Kier alpha value is -1.53. The fourth-order valence-electron chi connectivity index (χ4n) is 5.40. The molecule has 0 unspecified atom stereocenters. The number of rotatable bonds is 11. The minimum absolute atomic E-state index is 0.0750. The highest BCUT2D eigenvalue weighted by Gasteiger charge is 2.53. The zero-order valence-electron chi connectivity index (χ0n) is 22.6. The Kier molecular flexibility index (Phi) is 10.1. The van der Waals surface area contributed by atoms with Crippen LogP contribution in [-0.2, 0) is 16.0 Å². The van der Waals surface area contributed by atoms with Crippen LogP contribution in [0.5, 0.6) is 0 Å². The number of carbonyl (C=O) groups excluding carboxylic acids is 2. The van der Waals surface area contributed by atoms with Gasteiger partial charge < -0.3 is 15.1 Å². The number of carbonyl (C=O) groups is 2. The molecule has 196 valence electrons. The third kappa shape index (κ3) is 7.98. The zero-order chi connectivity index (χ0) is 25.5. The van der Waals surface area contributed by atoms with Gasteiger partial charge in [-0.25, -0.2) is 0 Å². The van der Waals surface area contributed by atoms with Crippen LogP contribution >= 0.6 is 11.8 Å². The molecule has 35 heavy (non-hydrogen) atoms. The molecule has 2 aliphatic heterocycles. The lowest BCUT2D eigenvalue weighted by Gasteiger charge is -2.52. The van der Waals surface area contributed by atoms with Crippen molar-refractivity contribution in [3.8, 4) is 0 Å². The van der Waals surface area contributed by atoms with Crippen LogP contribution in [0.15, 0.2) is 30.3 Å². The maximum Gasteiger partial charge on any atom is 0.246 e. The maximum absolute atomic E-state index is 13.6. The molecule has 2 aliphatic rings. The molecule has 1 spiro atoms. The van der Waals surface area contributed by atoms with Crippen molar-refractivity contribution in [2.75, 3.05) is 31.9 Å². The molecule has 1 aromatic rings. The zero-order valence-corrected chi connectivity index (χ0v) is 23.5. The summed E-state index contributed by atoms with van der Waals surface area (Å²) in [5.74, 6) is 1.44. The lowest BCUT2D eigenvalue weighted by atomic mass is 9.81. The molecule has 5 nitrogen and oxygen atoms in total. The third-order valence-corrected chi connectivity index (χ3v) is 8.58. The lowest BCUT2D eigenvalue weighted by Crippen LogP contribution is -2.73. The van der Waals surface area contributed by atoms with Crippen LogP contribution in [0.2, 0.25) is 0 Å². The fourth-order valence-corrected chi connectivity index (χ4v) is 6.29. The Balaban J connectivity index is 1.54. The highest BCUT2D eigenvalue weighted by Crippen LogP contribution is 2.35. The summed E-state index contributed by atoms with van der Waals surface area (Å²) in [5, 5.41) is 3.13. The molecule has 0 radical (unpaired) electrons. The van der Waals surface area contributed by atoms with Gasteiger partial charge in [0.2, 0.25) is 11.8 Å². The van der Waals surface area contributed by atoms with Crippen molar-refractivity contribution in [1.29, 1.82) is 0 Å². The molecule has 2 fully saturated rings. The number of hydrogen-bond donors (Lipinski definition) is 1. The first-order valence-corrected chi connectivity index (χ1v) is 14.6. The molecule has 0 saturated carbocycles. The Morgan fingerprint density at radius 3 is 2.34 bits per heavy atom. The first kappa shape index (κ1) is 28.0. The molecule has 6 heteroatoms. The largest absolute Gasteiger partial charge is 0.342 e. The Labute approximate surface area is 217 Å². The number of amides is 2. The van der Waals surface area contributed by atoms with Crippen molar-refractivity contribution in [3.63, 3.8) is 0 Å². The van der Waals surface area contributed by atoms with E-state index >= 15 is 0 Å². The van der Waals surface area contributed by atoms with E-state index in [-0.39, 0.29) is 22.6 Å². The number of piperidine rings is 1. The molecule has 0 bridgehead atoms. The number of benzene rings is 1. The second-order valence-electron chi connectivity index (χ2n) is 11.8. The first-order valence-electron chi connectivity index (χ1n) is 13.6. The molecular weight excluding hydrogens is 454 g/mol. The van der Waals surface area contributed by atoms with Gasteiger partial charge in [-0.3, -0.25) is 9.59 Å². The van der Waals surface area contributed by atoms with Gasteiger partial charge in [0, 0.05) is 30.1 Å². The second-order valence-corrected chi connectivity index (χ2v) is 13.7. The molecule has 3 rings (SSSR count). The summed E-state index contributed by atoms with van der Waals surface area (Å²) in [7, 11) is 0. The van der Waals surface area contributed by atoms with Gasteiger partial charge >= 0.3 is 0 Å². The summed E-state index contributed by atoms with van der Waals surface area (Å²) in [6.07, 6.45) is 6.96.